The second-order valence-electron chi connectivity index (χ2n) is 6.35. The largest absolute Gasteiger partial charge is 0.451 e. The molecule has 0 aliphatic heterocycles. The number of anilines is 2. The van der Waals surface area contributed by atoms with Gasteiger partial charge in [-0.05, 0) is 41.8 Å². The zero-order valence-electron chi connectivity index (χ0n) is 14.7. The maximum atomic E-state index is 13.2. The molecule has 0 amide bonds. The van der Waals surface area contributed by atoms with Crippen molar-refractivity contribution in [1.29, 1.82) is 0 Å². The molecule has 2 N–H and O–H groups in total. The standard InChI is InChI=1S/C20H12F3N5S/c21-20(22,23)19-25-14-5-2-1-4-12(14)18(26-19)24-11-7-8-15-13(10-11)17(28-27-15)16-6-3-9-29-16/h1-10H,(H,27,28)(H,24,25,26). The van der Waals surface area contributed by atoms with Gasteiger partial charge in [0.25, 0.3) is 0 Å². The Hall–Kier alpha value is -3.46. The summed E-state index contributed by atoms with van der Waals surface area (Å²) in [7, 11) is 0. The van der Waals surface area contributed by atoms with Gasteiger partial charge in [-0.1, -0.05) is 18.2 Å². The van der Waals surface area contributed by atoms with Crippen LogP contribution in [0.25, 0.3) is 32.4 Å². The number of hydrogen-bond donors (Lipinski definition) is 2. The monoisotopic (exact) mass is 411 g/mol. The molecule has 0 saturated heterocycles. The molecule has 2 aromatic carbocycles. The number of alkyl halides is 3. The lowest BCUT2D eigenvalue weighted by Crippen LogP contribution is -2.12. The highest BCUT2D eigenvalue weighted by atomic mass is 32.1. The van der Waals surface area contributed by atoms with Gasteiger partial charge in [0.05, 0.1) is 15.9 Å². The first kappa shape index (κ1) is 17.6. The lowest BCUT2D eigenvalue weighted by molar-refractivity contribution is -0.144. The van der Waals surface area contributed by atoms with Gasteiger partial charge in [0.2, 0.25) is 5.82 Å². The molecule has 0 unspecified atom stereocenters. The van der Waals surface area contributed by atoms with Crippen molar-refractivity contribution in [3.8, 4) is 10.6 Å². The summed E-state index contributed by atoms with van der Waals surface area (Å²) < 4.78 is 39.7. The van der Waals surface area contributed by atoms with Crippen LogP contribution in [-0.4, -0.2) is 20.2 Å². The minimum absolute atomic E-state index is 0.100. The smallest absolute Gasteiger partial charge is 0.340 e. The van der Waals surface area contributed by atoms with Crippen molar-refractivity contribution in [3.63, 3.8) is 0 Å². The zero-order chi connectivity index (χ0) is 20.0. The van der Waals surface area contributed by atoms with Gasteiger partial charge in [0, 0.05) is 16.5 Å². The van der Waals surface area contributed by atoms with E-state index in [1.807, 2.05) is 29.6 Å². The molecular weight excluding hydrogens is 399 g/mol. The van der Waals surface area contributed by atoms with E-state index in [1.54, 1.807) is 35.6 Å². The molecular formula is C20H12F3N5S. The average molecular weight is 411 g/mol. The first-order valence-corrected chi connectivity index (χ1v) is 9.50. The van der Waals surface area contributed by atoms with Crippen LogP contribution >= 0.6 is 11.3 Å². The number of aromatic nitrogens is 4. The van der Waals surface area contributed by atoms with Gasteiger partial charge in [-0.3, -0.25) is 5.10 Å². The van der Waals surface area contributed by atoms with Crippen LogP contribution in [0, 0.1) is 0 Å². The summed E-state index contributed by atoms with van der Waals surface area (Å²) in [4.78, 5) is 8.39. The number of rotatable bonds is 3. The fourth-order valence-corrected chi connectivity index (χ4v) is 3.86. The number of thiophene rings is 1. The van der Waals surface area contributed by atoms with E-state index in [0.717, 1.165) is 21.5 Å². The summed E-state index contributed by atoms with van der Waals surface area (Å²) in [5.74, 6) is -1.08. The average Bonchev–Trinajstić information content (AvgIpc) is 3.36. The van der Waals surface area contributed by atoms with E-state index in [2.05, 4.69) is 25.5 Å². The Kier molecular flexibility index (Phi) is 3.99. The third-order valence-corrected chi connectivity index (χ3v) is 5.31. The molecule has 0 aliphatic rings. The number of hydrogen-bond acceptors (Lipinski definition) is 5. The van der Waals surface area contributed by atoms with Gasteiger partial charge in [-0.25, -0.2) is 9.97 Å². The summed E-state index contributed by atoms with van der Waals surface area (Å²) in [6, 6.07) is 15.9. The lowest BCUT2D eigenvalue weighted by atomic mass is 10.1. The van der Waals surface area contributed by atoms with Crippen molar-refractivity contribution in [1.82, 2.24) is 20.2 Å². The normalized spacial score (nSPS) is 12.0. The second kappa shape index (κ2) is 6.56. The molecule has 9 heteroatoms. The van der Waals surface area contributed by atoms with Crippen LogP contribution in [0.2, 0.25) is 0 Å². The number of nitrogens with one attached hydrogen (secondary N) is 2. The van der Waals surface area contributed by atoms with E-state index < -0.39 is 12.0 Å². The predicted molar refractivity (Wildman–Crippen MR) is 107 cm³/mol. The van der Waals surface area contributed by atoms with E-state index in [9.17, 15) is 13.2 Å². The second-order valence-corrected chi connectivity index (χ2v) is 7.29. The van der Waals surface area contributed by atoms with Crippen LogP contribution in [0.5, 0.6) is 0 Å². The van der Waals surface area contributed by atoms with Crippen molar-refractivity contribution in [2.45, 2.75) is 6.18 Å². The molecule has 0 bridgehead atoms. The number of H-pyrrole nitrogens is 1. The maximum absolute atomic E-state index is 13.2. The van der Waals surface area contributed by atoms with Gasteiger partial charge in [0.1, 0.15) is 11.5 Å². The third kappa shape index (κ3) is 3.19. The fourth-order valence-electron chi connectivity index (χ4n) is 3.13. The number of fused-ring (bicyclic) bond motifs is 2. The summed E-state index contributed by atoms with van der Waals surface area (Å²) in [6.07, 6.45) is -4.64. The highest BCUT2D eigenvalue weighted by molar-refractivity contribution is 7.13. The first-order chi connectivity index (χ1) is 14.0. The van der Waals surface area contributed by atoms with E-state index in [4.69, 9.17) is 0 Å². The van der Waals surface area contributed by atoms with E-state index in [0.29, 0.717) is 11.1 Å². The fraction of sp³-hybridized carbons (Fsp3) is 0.0500. The Morgan fingerprint density at radius 3 is 2.59 bits per heavy atom. The SMILES string of the molecule is FC(F)(F)c1nc(Nc2ccc3[nH]nc(-c4cccs4)c3c2)c2ccccc2n1. The van der Waals surface area contributed by atoms with Crippen LogP contribution in [0.15, 0.2) is 60.0 Å². The predicted octanol–water partition coefficient (Wildman–Crippen LogP) is 6.00. The number of para-hydroxylation sites is 1. The highest BCUT2D eigenvalue weighted by Crippen LogP contribution is 2.34. The van der Waals surface area contributed by atoms with Gasteiger partial charge >= 0.3 is 6.18 Å². The minimum atomic E-state index is -4.64. The van der Waals surface area contributed by atoms with Crippen LogP contribution < -0.4 is 5.32 Å². The Labute approximate surface area is 166 Å². The minimum Gasteiger partial charge on any atom is -0.340 e. The molecule has 144 valence electrons. The molecule has 0 aliphatic carbocycles. The molecule has 5 aromatic rings. The van der Waals surface area contributed by atoms with Crippen LogP contribution in [0.1, 0.15) is 5.82 Å². The molecule has 29 heavy (non-hydrogen) atoms. The Morgan fingerprint density at radius 2 is 1.79 bits per heavy atom. The topological polar surface area (TPSA) is 66.5 Å². The van der Waals surface area contributed by atoms with Crippen molar-refractivity contribution in [2.75, 3.05) is 5.32 Å². The number of benzene rings is 2. The van der Waals surface area contributed by atoms with Crippen molar-refractivity contribution in [3.05, 3.63) is 65.8 Å². The molecule has 3 heterocycles. The Bertz CT molecular complexity index is 1330. The molecule has 5 rings (SSSR count). The van der Waals surface area contributed by atoms with Gasteiger partial charge in [-0.15, -0.1) is 11.3 Å². The maximum Gasteiger partial charge on any atom is 0.451 e. The molecule has 3 aromatic heterocycles. The molecule has 5 nitrogen and oxygen atoms in total. The zero-order valence-corrected chi connectivity index (χ0v) is 15.5. The van der Waals surface area contributed by atoms with Gasteiger partial charge in [0.15, 0.2) is 0 Å². The number of halogens is 3. The van der Waals surface area contributed by atoms with E-state index in [1.165, 1.54) is 6.07 Å². The summed E-state index contributed by atoms with van der Waals surface area (Å²) in [6.45, 7) is 0. The van der Waals surface area contributed by atoms with Crippen LogP contribution in [0.3, 0.4) is 0 Å². The van der Waals surface area contributed by atoms with Gasteiger partial charge in [-0.2, -0.15) is 18.3 Å². The van der Waals surface area contributed by atoms with Crippen molar-refractivity contribution >= 4 is 44.6 Å². The Balaban J connectivity index is 1.62. The summed E-state index contributed by atoms with van der Waals surface area (Å²) in [5, 5.41) is 13.7. The van der Waals surface area contributed by atoms with Crippen molar-refractivity contribution < 1.29 is 13.2 Å². The van der Waals surface area contributed by atoms with Gasteiger partial charge < -0.3 is 5.32 Å². The van der Waals surface area contributed by atoms with Crippen LogP contribution in [-0.2, 0) is 6.18 Å². The highest BCUT2D eigenvalue weighted by Gasteiger charge is 2.35. The Morgan fingerprint density at radius 1 is 0.931 bits per heavy atom. The van der Waals surface area contributed by atoms with E-state index >= 15 is 0 Å². The quantitative estimate of drug-likeness (QED) is 0.382. The summed E-state index contributed by atoms with van der Waals surface area (Å²) >= 11 is 1.56. The molecule has 0 spiro atoms. The number of aromatic amines is 1. The lowest BCUT2D eigenvalue weighted by Gasteiger charge is -2.12. The van der Waals surface area contributed by atoms with E-state index in [-0.39, 0.29) is 11.3 Å². The molecule has 0 radical (unpaired) electrons. The van der Waals surface area contributed by atoms with Crippen molar-refractivity contribution in [2.24, 2.45) is 0 Å². The molecule has 0 fully saturated rings. The molecule has 0 atom stereocenters. The summed E-state index contributed by atoms with van der Waals surface area (Å²) in [5.41, 5.74) is 2.46. The third-order valence-electron chi connectivity index (χ3n) is 4.44. The van der Waals surface area contributed by atoms with Crippen LogP contribution in [0.4, 0.5) is 24.7 Å². The molecule has 0 saturated carbocycles. The first-order valence-electron chi connectivity index (χ1n) is 8.62. The number of nitrogens with zero attached hydrogens (tertiary/aromatic N) is 3.